The Kier molecular flexibility index (Phi) is 9.89. The van der Waals surface area contributed by atoms with E-state index in [-0.39, 0.29) is 25.9 Å². The number of thioether (sulfide) groups is 2. The molecule has 2 aromatic carbocycles. The molecule has 1 unspecified atom stereocenters. The summed E-state index contributed by atoms with van der Waals surface area (Å²) in [6.45, 7) is 0. The molecule has 47 heavy (non-hydrogen) atoms. The Morgan fingerprint density at radius 3 is 1.81 bits per heavy atom. The predicted octanol–water partition coefficient (Wildman–Crippen LogP) is 9.54. The number of alkyl halides is 6. The third-order valence-electron chi connectivity index (χ3n) is 6.64. The van der Waals surface area contributed by atoms with E-state index in [4.69, 9.17) is 21.6 Å². The summed E-state index contributed by atoms with van der Waals surface area (Å²) in [7, 11) is 0. The molecule has 15 heteroatoms. The molecule has 240 valence electrons. The van der Waals surface area contributed by atoms with E-state index >= 15 is 0 Å². The summed E-state index contributed by atoms with van der Waals surface area (Å²) in [6.07, 6.45) is -3.82. The van der Waals surface area contributed by atoms with Crippen molar-refractivity contribution in [3.63, 3.8) is 0 Å². The fourth-order valence-electron chi connectivity index (χ4n) is 4.26. The third-order valence-corrected chi connectivity index (χ3v) is 9.76. The zero-order valence-electron chi connectivity index (χ0n) is 23.8. The SMILES string of the molecule is N=C(SC(=N)c1ccc(C(=N)SC(=N)C2C=CC=C(c3ccc(C(F)(F)F)cc3)N2)s1)c1cccc(-c2ccc(C(F)(F)F)cc2)n1. The molecule has 0 radical (unpaired) electrons. The lowest BCUT2D eigenvalue weighted by Gasteiger charge is -2.22. The number of halogens is 6. The lowest BCUT2D eigenvalue weighted by atomic mass is 10.1. The van der Waals surface area contributed by atoms with Crippen molar-refractivity contribution in [3.05, 3.63) is 129 Å². The summed E-state index contributed by atoms with van der Waals surface area (Å²) in [5.41, 5.74) is 0.580. The fourth-order valence-corrected chi connectivity index (χ4v) is 6.70. The molecule has 5 rings (SSSR count). The number of rotatable bonds is 6. The van der Waals surface area contributed by atoms with Crippen molar-refractivity contribution in [1.82, 2.24) is 10.3 Å². The minimum absolute atomic E-state index is 0.0315. The van der Waals surface area contributed by atoms with E-state index in [9.17, 15) is 26.3 Å². The molecule has 0 spiro atoms. The highest BCUT2D eigenvalue weighted by Gasteiger charge is 2.31. The maximum atomic E-state index is 12.9. The smallest absolute Gasteiger partial charge is 0.372 e. The average Bonchev–Trinajstić information content (AvgIpc) is 3.55. The van der Waals surface area contributed by atoms with Crippen molar-refractivity contribution in [2.75, 3.05) is 0 Å². The highest BCUT2D eigenvalue weighted by Crippen LogP contribution is 2.33. The highest BCUT2D eigenvalue weighted by molar-refractivity contribution is 8.27. The molecule has 0 saturated heterocycles. The van der Waals surface area contributed by atoms with E-state index in [1.165, 1.54) is 24.3 Å². The van der Waals surface area contributed by atoms with Gasteiger partial charge in [-0.2, -0.15) is 26.3 Å². The lowest BCUT2D eigenvalue weighted by Crippen LogP contribution is -2.34. The molecule has 0 bridgehead atoms. The fraction of sp³-hybridized carbons (Fsp3) is 0.0938. The Hall–Kier alpha value is -4.47. The largest absolute Gasteiger partial charge is 0.416 e. The summed E-state index contributed by atoms with van der Waals surface area (Å²) >= 11 is 2.87. The zero-order valence-corrected chi connectivity index (χ0v) is 26.2. The Bertz CT molecular complexity index is 1910. The number of dihydropyridines is 1. The van der Waals surface area contributed by atoms with Crippen LogP contribution < -0.4 is 5.32 Å². The van der Waals surface area contributed by atoms with Gasteiger partial charge in [0.15, 0.2) is 0 Å². The van der Waals surface area contributed by atoms with Crippen LogP contribution in [0.15, 0.2) is 97.1 Å². The van der Waals surface area contributed by atoms with Gasteiger partial charge in [0.25, 0.3) is 0 Å². The van der Waals surface area contributed by atoms with Gasteiger partial charge in [0.2, 0.25) is 0 Å². The van der Waals surface area contributed by atoms with Crippen LogP contribution in [0.1, 0.15) is 32.1 Å². The number of pyridine rings is 1. The van der Waals surface area contributed by atoms with Gasteiger partial charge in [-0.05, 0) is 71.9 Å². The number of hydrogen-bond donors (Lipinski definition) is 5. The molecule has 5 N–H and O–H groups in total. The van der Waals surface area contributed by atoms with Crippen molar-refractivity contribution in [2.24, 2.45) is 0 Å². The van der Waals surface area contributed by atoms with Crippen molar-refractivity contribution in [3.8, 4) is 11.3 Å². The summed E-state index contributed by atoms with van der Waals surface area (Å²) < 4.78 is 77.5. The Balaban J connectivity index is 1.17. The molecule has 3 heterocycles. The normalized spacial score (nSPS) is 14.7. The first kappa shape index (κ1) is 33.9. The molecule has 1 aliphatic rings. The first-order valence-electron chi connectivity index (χ1n) is 13.5. The predicted molar refractivity (Wildman–Crippen MR) is 178 cm³/mol. The number of thiophene rings is 1. The first-order chi connectivity index (χ1) is 22.2. The summed E-state index contributed by atoms with van der Waals surface area (Å²) in [6, 6.07) is 16.7. The number of benzene rings is 2. The van der Waals surface area contributed by atoms with Gasteiger partial charge in [-0.25, -0.2) is 4.98 Å². The molecule has 4 aromatic rings. The van der Waals surface area contributed by atoms with Gasteiger partial charge in [-0.1, -0.05) is 54.2 Å². The molecule has 1 aliphatic heterocycles. The van der Waals surface area contributed by atoms with Crippen molar-refractivity contribution in [1.29, 1.82) is 21.6 Å². The average molecular weight is 701 g/mol. The Labute approximate surface area is 277 Å². The number of nitrogens with one attached hydrogen (secondary N) is 5. The van der Waals surface area contributed by atoms with E-state index in [0.717, 1.165) is 59.1 Å². The van der Waals surface area contributed by atoms with E-state index in [2.05, 4.69) is 10.3 Å². The number of hydrogen-bond acceptors (Lipinski definition) is 9. The van der Waals surface area contributed by atoms with Gasteiger partial charge >= 0.3 is 12.4 Å². The van der Waals surface area contributed by atoms with Crippen LogP contribution in [-0.2, 0) is 12.4 Å². The van der Waals surface area contributed by atoms with Crippen molar-refractivity contribution in [2.45, 2.75) is 18.4 Å². The second-order valence-electron chi connectivity index (χ2n) is 9.87. The molecule has 0 saturated carbocycles. The minimum atomic E-state index is -4.46. The van der Waals surface area contributed by atoms with E-state index < -0.39 is 29.5 Å². The second kappa shape index (κ2) is 13.7. The quantitative estimate of drug-likeness (QED) is 0.0782. The van der Waals surface area contributed by atoms with Gasteiger partial charge in [-0.15, -0.1) is 11.3 Å². The van der Waals surface area contributed by atoms with Gasteiger partial charge in [-0.3, -0.25) is 21.6 Å². The minimum Gasteiger partial charge on any atom is -0.372 e. The molecule has 0 fully saturated rings. The van der Waals surface area contributed by atoms with Gasteiger partial charge in [0, 0.05) is 11.3 Å². The van der Waals surface area contributed by atoms with Crippen LogP contribution in [0.25, 0.3) is 17.0 Å². The summed E-state index contributed by atoms with van der Waals surface area (Å²) in [5, 5.41) is 37.3. The van der Waals surface area contributed by atoms with E-state index in [1.807, 2.05) is 0 Å². The third kappa shape index (κ3) is 8.28. The van der Waals surface area contributed by atoms with E-state index in [0.29, 0.717) is 32.3 Å². The first-order valence-corrected chi connectivity index (χ1v) is 15.9. The van der Waals surface area contributed by atoms with Crippen LogP contribution in [0.4, 0.5) is 26.3 Å². The van der Waals surface area contributed by atoms with Crippen LogP contribution in [0.3, 0.4) is 0 Å². The molecule has 0 amide bonds. The van der Waals surface area contributed by atoms with E-state index in [1.54, 1.807) is 48.6 Å². The molecule has 1 atom stereocenters. The van der Waals surface area contributed by atoms with Crippen LogP contribution in [0.5, 0.6) is 0 Å². The Morgan fingerprint density at radius 1 is 0.681 bits per heavy atom. The van der Waals surface area contributed by atoms with Crippen molar-refractivity contribution < 1.29 is 26.3 Å². The van der Waals surface area contributed by atoms with Crippen molar-refractivity contribution >= 4 is 60.7 Å². The zero-order chi connectivity index (χ0) is 33.9. The van der Waals surface area contributed by atoms with Gasteiger partial charge < -0.3 is 5.32 Å². The molecular weight excluding hydrogens is 679 g/mol. The summed E-state index contributed by atoms with van der Waals surface area (Å²) in [4.78, 5) is 5.36. The standard InChI is InChI=1S/C32H22F6N6S3/c33-31(34,35)19-11-7-17(8-12-19)21-3-1-5-23(43-21)27(39)46-29(41)25-15-16-26(45-25)30(42)47-28(40)24-6-2-4-22(44-24)18-9-13-20(14-10-18)32(36,37)38/h1-16,23,39-43H. The molecular formula is C32H22F6N6S3. The van der Waals surface area contributed by atoms with Gasteiger partial charge in [0.1, 0.15) is 15.1 Å². The Morgan fingerprint density at radius 2 is 1.23 bits per heavy atom. The van der Waals surface area contributed by atoms with Crippen LogP contribution >= 0.6 is 34.9 Å². The van der Waals surface area contributed by atoms with Crippen LogP contribution in [0.2, 0.25) is 0 Å². The molecule has 6 nitrogen and oxygen atoms in total. The summed E-state index contributed by atoms with van der Waals surface area (Å²) in [5.74, 6) is 0. The highest BCUT2D eigenvalue weighted by atomic mass is 32.2. The van der Waals surface area contributed by atoms with Crippen LogP contribution in [-0.4, -0.2) is 31.2 Å². The maximum Gasteiger partial charge on any atom is 0.416 e. The lowest BCUT2D eigenvalue weighted by molar-refractivity contribution is -0.138. The maximum absolute atomic E-state index is 12.9. The number of nitrogens with zero attached hydrogens (tertiary/aromatic N) is 1. The topological polar surface area (TPSA) is 120 Å². The second-order valence-corrected chi connectivity index (χ2v) is 13.0. The number of aromatic nitrogens is 1. The number of allylic oxidation sites excluding steroid dienone is 2. The molecule has 2 aromatic heterocycles. The monoisotopic (exact) mass is 700 g/mol. The van der Waals surface area contributed by atoms with Gasteiger partial charge in [0.05, 0.1) is 43.4 Å². The van der Waals surface area contributed by atoms with Crippen LogP contribution in [0, 0.1) is 21.6 Å². The molecule has 0 aliphatic carbocycles.